The number of carbonyl (C=O) groups is 2. The topological polar surface area (TPSA) is 79.8 Å². The number of benzene rings is 3. The quantitative estimate of drug-likeness (QED) is 0.263. The summed E-state index contributed by atoms with van der Waals surface area (Å²) in [6.45, 7) is 5.99. The highest BCUT2D eigenvalue weighted by molar-refractivity contribution is 6.24. The van der Waals surface area contributed by atoms with Gasteiger partial charge in [-0.2, -0.15) is 0 Å². The summed E-state index contributed by atoms with van der Waals surface area (Å²) < 4.78 is 5.10. The molecule has 1 aliphatic rings. The maximum atomic E-state index is 13.1. The van der Waals surface area contributed by atoms with Crippen LogP contribution in [-0.4, -0.2) is 30.7 Å². The van der Waals surface area contributed by atoms with Crippen molar-refractivity contribution in [2.75, 3.05) is 18.5 Å². The Hall–Kier alpha value is -3.77. The normalized spacial score (nSPS) is 15.1. The van der Waals surface area contributed by atoms with Gasteiger partial charge >= 0.3 is 5.97 Å². The van der Waals surface area contributed by atoms with Crippen molar-refractivity contribution in [1.29, 1.82) is 0 Å². The molecule has 6 heteroatoms. The first-order valence-electron chi connectivity index (χ1n) is 11.7. The number of anilines is 1. The van der Waals surface area contributed by atoms with Crippen LogP contribution in [0, 0.1) is 0 Å². The molecular formula is C28H29N3O3. The van der Waals surface area contributed by atoms with Crippen molar-refractivity contribution in [2.24, 2.45) is 4.99 Å². The first kappa shape index (κ1) is 23.4. The Labute approximate surface area is 200 Å². The average Bonchev–Trinajstić information content (AvgIpc) is 3.19. The number of nitrogens with one attached hydrogen (secondary N) is 2. The van der Waals surface area contributed by atoms with Gasteiger partial charge < -0.3 is 15.4 Å². The Kier molecular flexibility index (Phi) is 7.50. The van der Waals surface area contributed by atoms with Crippen LogP contribution in [0.5, 0.6) is 0 Å². The van der Waals surface area contributed by atoms with E-state index >= 15 is 0 Å². The van der Waals surface area contributed by atoms with Crippen molar-refractivity contribution in [3.63, 3.8) is 0 Å². The van der Waals surface area contributed by atoms with Crippen molar-refractivity contribution in [3.8, 4) is 0 Å². The first-order valence-corrected chi connectivity index (χ1v) is 11.7. The Balaban J connectivity index is 1.69. The van der Waals surface area contributed by atoms with Crippen LogP contribution >= 0.6 is 0 Å². The Morgan fingerprint density at radius 3 is 2.47 bits per heavy atom. The van der Waals surface area contributed by atoms with Gasteiger partial charge in [0.2, 0.25) is 5.91 Å². The number of fused-ring (bicyclic) bond motifs is 1. The number of aliphatic imine (C=N–C) groups is 1. The molecule has 0 radical (unpaired) electrons. The van der Waals surface area contributed by atoms with Crippen LogP contribution in [0.25, 0.3) is 0 Å². The minimum atomic E-state index is -0.584. The summed E-state index contributed by atoms with van der Waals surface area (Å²) in [7, 11) is 0. The van der Waals surface area contributed by atoms with Gasteiger partial charge in [0.15, 0.2) is 0 Å². The fourth-order valence-corrected chi connectivity index (χ4v) is 4.02. The van der Waals surface area contributed by atoms with E-state index in [1.165, 1.54) is 5.56 Å². The van der Waals surface area contributed by atoms with E-state index in [-0.39, 0.29) is 5.91 Å². The summed E-state index contributed by atoms with van der Waals surface area (Å²) in [4.78, 5) is 30.2. The molecule has 0 saturated heterocycles. The summed E-state index contributed by atoms with van der Waals surface area (Å²) in [5, 5.41) is 6.32. The van der Waals surface area contributed by atoms with Crippen LogP contribution in [0.1, 0.15) is 53.2 Å². The summed E-state index contributed by atoms with van der Waals surface area (Å²) >= 11 is 0. The van der Waals surface area contributed by atoms with Crippen molar-refractivity contribution in [1.82, 2.24) is 5.32 Å². The molecule has 0 aliphatic carbocycles. The summed E-state index contributed by atoms with van der Waals surface area (Å²) in [5.41, 5.74) is 5.32. The molecule has 1 heterocycles. The highest BCUT2D eigenvalue weighted by atomic mass is 16.5. The van der Waals surface area contributed by atoms with Gasteiger partial charge in [0.05, 0.1) is 23.6 Å². The minimum Gasteiger partial charge on any atom is -0.462 e. The van der Waals surface area contributed by atoms with Gasteiger partial charge in [-0.15, -0.1) is 0 Å². The maximum Gasteiger partial charge on any atom is 0.338 e. The third-order valence-corrected chi connectivity index (χ3v) is 5.68. The lowest BCUT2D eigenvalue weighted by atomic mass is 9.90. The Morgan fingerprint density at radius 2 is 1.76 bits per heavy atom. The number of ether oxygens (including phenoxy) is 1. The summed E-state index contributed by atoms with van der Waals surface area (Å²) in [6.07, 6.45) is 1.09. The molecule has 3 aromatic carbocycles. The molecular weight excluding hydrogens is 426 g/mol. The van der Waals surface area contributed by atoms with E-state index in [9.17, 15) is 9.59 Å². The van der Waals surface area contributed by atoms with Crippen molar-refractivity contribution < 1.29 is 14.3 Å². The maximum absolute atomic E-state index is 13.1. The van der Waals surface area contributed by atoms with E-state index in [0.29, 0.717) is 23.6 Å². The third kappa shape index (κ3) is 5.24. The van der Waals surface area contributed by atoms with Crippen molar-refractivity contribution in [2.45, 2.75) is 32.7 Å². The van der Waals surface area contributed by atoms with Gasteiger partial charge in [0, 0.05) is 12.2 Å². The molecule has 0 fully saturated rings. The highest BCUT2D eigenvalue weighted by Crippen LogP contribution is 2.37. The molecule has 0 aromatic heterocycles. The number of hydrogen-bond acceptors (Lipinski definition) is 5. The van der Waals surface area contributed by atoms with Gasteiger partial charge in [-0.05, 0) is 60.8 Å². The van der Waals surface area contributed by atoms with Gasteiger partial charge in [-0.1, -0.05) is 55.5 Å². The predicted octanol–water partition coefficient (Wildman–Crippen LogP) is 5.22. The molecule has 2 N–H and O–H groups in total. The Bertz CT molecular complexity index is 1190. The largest absolute Gasteiger partial charge is 0.462 e. The van der Waals surface area contributed by atoms with E-state index in [1.807, 2.05) is 48.5 Å². The second-order valence-electron chi connectivity index (χ2n) is 8.15. The molecule has 1 atom stereocenters. The molecule has 0 saturated carbocycles. The number of esters is 1. The van der Waals surface area contributed by atoms with E-state index in [1.54, 1.807) is 19.1 Å². The number of carbonyl (C=O) groups excluding carboxylic acids is 2. The lowest BCUT2D eigenvalue weighted by molar-refractivity contribution is -0.115. The molecule has 4 rings (SSSR count). The zero-order chi connectivity index (χ0) is 23.9. The van der Waals surface area contributed by atoms with Gasteiger partial charge in [0.25, 0.3) is 0 Å². The highest BCUT2D eigenvalue weighted by Gasteiger charge is 2.36. The smallest absolute Gasteiger partial charge is 0.338 e. The second-order valence-corrected chi connectivity index (χ2v) is 8.15. The minimum absolute atomic E-state index is 0.168. The standard InChI is InChI=1S/C28H29N3O3/c1-3-16-29-18-19-10-13-22(14-11-19)30-26(20-8-6-5-7-9-20)25-23-15-12-21(28(33)34-4-2)17-24(23)31-27(25)32/h5-15,17,25,29H,3-4,16,18H2,1-2H3,(H,31,32). The summed E-state index contributed by atoms with van der Waals surface area (Å²) in [5.74, 6) is -1.16. The monoisotopic (exact) mass is 455 g/mol. The van der Waals surface area contributed by atoms with Crippen LogP contribution in [0.15, 0.2) is 77.8 Å². The van der Waals surface area contributed by atoms with Crippen LogP contribution in [0.4, 0.5) is 11.4 Å². The molecule has 1 amide bonds. The summed E-state index contributed by atoms with van der Waals surface area (Å²) in [6, 6.07) is 23.0. The average molecular weight is 456 g/mol. The molecule has 34 heavy (non-hydrogen) atoms. The van der Waals surface area contributed by atoms with Gasteiger partial charge in [0.1, 0.15) is 5.92 Å². The van der Waals surface area contributed by atoms with Crippen molar-refractivity contribution in [3.05, 3.63) is 95.1 Å². The lowest BCUT2D eigenvalue weighted by Gasteiger charge is -2.14. The predicted molar refractivity (Wildman–Crippen MR) is 135 cm³/mol. The van der Waals surface area contributed by atoms with Crippen LogP contribution in [-0.2, 0) is 16.1 Å². The molecule has 174 valence electrons. The third-order valence-electron chi connectivity index (χ3n) is 5.68. The fourth-order valence-electron chi connectivity index (χ4n) is 4.02. The molecule has 3 aromatic rings. The van der Waals surface area contributed by atoms with Gasteiger partial charge in [-0.25, -0.2) is 4.79 Å². The lowest BCUT2D eigenvalue weighted by Crippen LogP contribution is -2.21. The van der Waals surface area contributed by atoms with E-state index < -0.39 is 11.9 Å². The van der Waals surface area contributed by atoms with E-state index in [2.05, 4.69) is 29.7 Å². The number of amides is 1. The van der Waals surface area contributed by atoms with Crippen molar-refractivity contribution >= 4 is 29.0 Å². The molecule has 0 bridgehead atoms. The number of hydrogen-bond donors (Lipinski definition) is 2. The van der Waals surface area contributed by atoms with Crippen LogP contribution < -0.4 is 10.6 Å². The van der Waals surface area contributed by atoms with E-state index in [4.69, 9.17) is 9.73 Å². The molecule has 0 spiro atoms. The first-order chi connectivity index (χ1) is 16.6. The Morgan fingerprint density at radius 1 is 1.00 bits per heavy atom. The molecule has 6 nitrogen and oxygen atoms in total. The SMILES string of the molecule is CCCNCc1ccc(N=C(c2ccccc2)C2C(=O)Nc3cc(C(=O)OCC)ccc32)cc1. The zero-order valence-electron chi connectivity index (χ0n) is 19.5. The van der Waals surface area contributed by atoms with Gasteiger partial charge in [-0.3, -0.25) is 9.79 Å². The van der Waals surface area contributed by atoms with E-state index in [0.717, 1.165) is 36.3 Å². The molecule has 1 unspecified atom stereocenters. The number of rotatable bonds is 9. The number of nitrogens with zero attached hydrogens (tertiary/aromatic N) is 1. The van der Waals surface area contributed by atoms with Crippen LogP contribution in [0.3, 0.4) is 0 Å². The molecule has 1 aliphatic heterocycles. The second kappa shape index (κ2) is 10.9. The fraction of sp³-hybridized carbons (Fsp3) is 0.250. The van der Waals surface area contributed by atoms with Crippen LogP contribution in [0.2, 0.25) is 0 Å². The zero-order valence-corrected chi connectivity index (χ0v) is 19.5.